The van der Waals surface area contributed by atoms with Gasteiger partial charge in [-0.15, -0.1) is 0 Å². The molecule has 2 nitrogen and oxygen atoms in total. The van der Waals surface area contributed by atoms with E-state index < -0.39 is 11.6 Å². The van der Waals surface area contributed by atoms with Gasteiger partial charge in [0.25, 0.3) is 0 Å². The largest absolute Gasteiger partial charge is 0.379 e. The Bertz CT molecular complexity index is 650. The topological polar surface area (TPSA) is 35.8 Å². The molecule has 19 heavy (non-hydrogen) atoms. The molecule has 0 fully saturated rings. The highest BCUT2D eigenvalue weighted by Gasteiger charge is 2.05. The van der Waals surface area contributed by atoms with Crippen molar-refractivity contribution in [2.24, 2.45) is 0 Å². The smallest absolute Gasteiger partial charge is 0.149 e. The Labute approximate surface area is 114 Å². The SMILES string of the molecule is N#Cc1ccc(CNc2ccc(F)cc2F)c(Cl)c1. The van der Waals surface area contributed by atoms with Crippen LogP contribution in [0.2, 0.25) is 5.02 Å². The van der Waals surface area contributed by atoms with Crippen LogP contribution in [0.5, 0.6) is 0 Å². The van der Waals surface area contributed by atoms with E-state index in [0.717, 1.165) is 11.6 Å². The summed E-state index contributed by atoms with van der Waals surface area (Å²) in [5.74, 6) is -1.29. The van der Waals surface area contributed by atoms with Crippen LogP contribution in [0.1, 0.15) is 11.1 Å². The molecule has 0 amide bonds. The first kappa shape index (κ1) is 13.3. The Balaban J connectivity index is 2.13. The highest BCUT2D eigenvalue weighted by atomic mass is 35.5. The monoisotopic (exact) mass is 278 g/mol. The van der Waals surface area contributed by atoms with Gasteiger partial charge in [0.05, 0.1) is 17.3 Å². The van der Waals surface area contributed by atoms with Crippen molar-refractivity contribution in [1.29, 1.82) is 5.26 Å². The van der Waals surface area contributed by atoms with E-state index >= 15 is 0 Å². The normalized spacial score (nSPS) is 10.0. The van der Waals surface area contributed by atoms with Crippen molar-refractivity contribution in [1.82, 2.24) is 0 Å². The predicted molar refractivity (Wildman–Crippen MR) is 69.9 cm³/mol. The van der Waals surface area contributed by atoms with Gasteiger partial charge < -0.3 is 5.32 Å². The Morgan fingerprint density at radius 3 is 2.58 bits per heavy atom. The second-order valence-corrected chi connectivity index (χ2v) is 4.30. The van der Waals surface area contributed by atoms with Gasteiger partial charge in [-0.25, -0.2) is 8.78 Å². The molecule has 2 aromatic rings. The number of nitrogens with zero attached hydrogens (tertiary/aromatic N) is 1. The molecule has 0 atom stereocenters. The summed E-state index contributed by atoms with van der Waals surface area (Å²) in [6, 6.07) is 10.1. The number of hydrogen-bond donors (Lipinski definition) is 1. The zero-order chi connectivity index (χ0) is 13.8. The highest BCUT2D eigenvalue weighted by molar-refractivity contribution is 6.31. The fourth-order valence-corrected chi connectivity index (χ4v) is 1.83. The minimum atomic E-state index is -0.662. The van der Waals surface area contributed by atoms with Crippen LogP contribution in [0.15, 0.2) is 36.4 Å². The van der Waals surface area contributed by atoms with Gasteiger partial charge in [0.2, 0.25) is 0 Å². The molecule has 0 aromatic heterocycles. The molecule has 0 unspecified atom stereocenters. The zero-order valence-corrected chi connectivity index (χ0v) is 10.5. The lowest BCUT2D eigenvalue weighted by Gasteiger charge is -2.09. The van der Waals surface area contributed by atoms with Gasteiger partial charge in [-0.3, -0.25) is 0 Å². The molecule has 5 heteroatoms. The fourth-order valence-electron chi connectivity index (χ4n) is 1.58. The molecular formula is C14H9ClF2N2. The van der Waals surface area contributed by atoms with Crippen molar-refractivity contribution < 1.29 is 8.78 Å². The number of anilines is 1. The van der Waals surface area contributed by atoms with Crippen molar-refractivity contribution in [3.63, 3.8) is 0 Å². The van der Waals surface area contributed by atoms with Crippen LogP contribution in [-0.4, -0.2) is 0 Å². The van der Waals surface area contributed by atoms with E-state index in [1.54, 1.807) is 18.2 Å². The second-order valence-electron chi connectivity index (χ2n) is 3.90. The number of benzene rings is 2. The van der Waals surface area contributed by atoms with Crippen LogP contribution in [0.4, 0.5) is 14.5 Å². The summed E-state index contributed by atoms with van der Waals surface area (Å²) in [5, 5.41) is 12.0. The molecule has 0 saturated heterocycles. The molecule has 96 valence electrons. The van der Waals surface area contributed by atoms with Crippen LogP contribution in [0, 0.1) is 23.0 Å². The van der Waals surface area contributed by atoms with Gasteiger partial charge in [0.15, 0.2) is 0 Å². The summed E-state index contributed by atoms with van der Waals surface area (Å²) in [7, 11) is 0. The zero-order valence-electron chi connectivity index (χ0n) is 9.75. The predicted octanol–water partition coefficient (Wildman–Crippen LogP) is 4.10. The first-order valence-electron chi connectivity index (χ1n) is 5.47. The van der Waals surface area contributed by atoms with Gasteiger partial charge in [0.1, 0.15) is 11.6 Å². The minimum absolute atomic E-state index is 0.196. The first-order valence-corrected chi connectivity index (χ1v) is 5.85. The van der Waals surface area contributed by atoms with E-state index in [4.69, 9.17) is 16.9 Å². The molecule has 0 aliphatic rings. The number of nitrogens with one attached hydrogen (secondary N) is 1. The molecule has 2 rings (SSSR count). The van der Waals surface area contributed by atoms with Crippen LogP contribution in [0.3, 0.4) is 0 Å². The maximum Gasteiger partial charge on any atom is 0.149 e. The number of halogens is 3. The summed E-state index contributed by atoms with van der Waals surface area (Å²) in [6.07, 6.45) is 0. The van der Waals surface area contributed by atoms with Gasteiger partial charge in [0, 0.05) is 17.6 Å². The molecular weight excluding hydrogens is 270 g/mol. The first-order chi connectivity index (χ1) is 9.10. The van der Waals surface area contributed by atoms with Crippen molar-refractivity contribution in [2.75, 3.05) is 5.32 Å². The Morgan fingerprint density at radius 2 is 1.95 bits per heavy atom. The van der Waals surface area contributed by atoms with Crippen molar-refractivity contribution in [2.45, 2.75) is 6.54 Å². The van der Waals surface area contributed by atoms with E-state index in [0.29, 0.717) is 10.6 Å². The molecule has 2 aromatic carbocycles. The van der Waals surface area contributed by atoms with E-state index in [9.17, 15) is 8.78 Å². The number of nitriles is 1. The molecule has 0 heterocycles. The summed E-state index contributed by atoms with van der Waals surface area (Å²) >= 11 is 5.99. The molecule has 1 N–H and O–H groups in total. The van der Waals surface area contributed by atoms with Crippen LogP contribution >= 0.6 is 11.6 Å². The average molecular weight is 279 g/mol. The maximum absolute atomic E-state index is 13.4. The summed E-state index contributed by atoms with van der Waals surface area (Å²) in [4.78, 5) is 0. The lowest BCUT2D eigenvalue weighted by atomic mass is 10.1. The van der Waals surface area contributed by atoms with Crippen molar-refractivity contribution in [3.05, 3.63) is 64.2 Å². The van der Waals surface area contributed by atoms with Crippen molar-refractivity contribution in [3.8, 4) is 6.07 Å². The van der Waals surface area contributed by atoms with Crippen LogP contribution < -0.4 is 5.32 Å². The summed E-state index contributed by atoms with van der Waals surface area (Å²) in [5.41, 5.74) is 1.38. The lowest BCUT2D eigenvalue weighted by molar-refractivity contribution is 0.585. The quantitative estimate of drug-likeness (QED) is 0.917. The van der Waals surface area contributed by atoms with E-state index in [2.05, 4.69) is 5.32 Å². The highest BCUT2D eigenvalue weighted by Crippen LogP contribution is 2.20. The summed E-state index contributed by atoms with van der Waals surface area (Å²) in [6.45, 7) is 0.285. The third-order valence-corrected chi connectivity index (χ3v) is 2.93. The Hall–Kier alpha value is -2.12. The maximum atomic E-state index is 13.4. The average Bonchev–Trinajstić information content (AvgIpc) is 2.39. The molecule has 0 spiro atoms. The third kappa shape index (κ3) is 3.21. The number of rotatable bonds is 3. The van der Waals surface area contributed by atoms with Crippen molar-refractivity contribution >= 4 is 17.3 Å². The van der Waals surface area contributed by atoms with E-state index in [1.165, 1.54) is 12.1 Å². The molecule has 0 bridgehead atoms. The summed E-state index contributed by atoms with van der Waals surface area (Å²) < 4.78 is 26.1. The minimum Gasteiger partial charge on any atom is -0.379 e. The Morgan fingerprint density at radius 1 is 1.16 bits per heavy atom. The lowest BCUT2D eigenvalue weighted by Crippen LogP contribution is -2.02. The Kier molecular flexibility index (Phi) is 3.98. The van der Waals surface area contributed by atoms with E-state index in [1.807, 2.05) is 6.07 Å². The van der Waals surface area contributed by atoms with Crippen LogP contribution in [0.25, 0.3) is 0 Å². The fraction of sp³-hybridized carbons (Fsp3) is 0.0714. The molecule has 0 aliphatic carbocycles. The molecule has 0 radical (unpaired) electrons. The van der Waals surface area contributed by atoms with Gasteiger partial charge >= 0.3 is 0 Å². The second kappa shape index (κ2) is 5.68. The van der Waals surface area contributed by atoms with Crippen LogP contribution in [-0.2, 0) is 6.54 Å². The van der Waals surface area contributed by atoms with Gasteiger partial charge in [-0.1, -0.05) is 17.7 Å². The number of hydrogen-bond acceptors (Lipinski definition) is 2. The standard InChI is InChI=1S/C14H9ClF2N2/c15-12-5-9(7-18)1-2-10(12)8-19-14-4-3-11(16)6-13(14)17/h1-6,19H,8H2. The van der Waals surface area contributed by atoms with Gasteiger partial charge in [-0.2, -0.15) is 5.26 Å². The molecule has 0 aliphatic heterocycles. The third-order valence-electron chi connectivity index (χ3n) is 2.58. The van der Waals surface area contributed by atoms with E-state index in [-0.39, 0.29) is 12.2 Å². The molecule has 0 saturated carbocycles. The van der Waals surface area contributed by atoms with Gasteiger partial charge in [-0.05, 0) is 29.8 Å².